The van der Waals surface area contributed by atoms with Crippen molar-refractivity contribution in [3.8, 4) is 0 Å². The maximum Gasteiger partial charge on any atom is 0.0478 e. The smallest absolute Gasteiger partial charge is 0.0478 e. The van der Waals surface area contributed by atoms with Gasteiger partial charge in [0.2, 0.25) is 0 Å². The molecule has 0 aromatic carbocycles. The lowest BCUT2D eigenvalue weighted by atomic mass is 10.2. The van der Waals surface area contributed by atoms with Gasteiger partial charge in [0.15, 0.2) is 0 Å². The number of nitrogens with one attached hydrogen (secondary N) is 1. The summed E-state index contributed by atoms with van der Waals surface area (Å²) in [5.41, 5.74) is 0. The number of hydrogen-bond donors (Lipinski definition) is 1. The van der Waals surface area contributed by atoms with E-state index in [4.69, 9.17) is 4.74 Å². The molecule has 90 valence electrons. The summed E-state index contributed by atoms with van der Waals surface area (Å²) in [5.74, 6) is 1.33. The Bertz CT molecular complexity index is 155. The number of ether oxygens (including phenoxy) is 1. The Balaban J connectivity index is 1.84. The molecule has 0 saturated carbocycles. The molecule has 2 nitrogen and oxygen atoms in total. The average molecular weight is 231 g/mol. The Morgan fingerprint density at radius 1 is 1.33 bits per heavy atom. The largest absolute Gasteiger partial charge is 0.381 e. The molecule has 0 aromatic heterocycles. The number of hydrogen-bond acceptors (Lipinski definition) is 3. The maximum absolute atomic E-state index is 5.52. The van der Waals surface area contributed by atoms with Gasteiger partial charge in [-0.25, -0.2) is 0 Å². The molecule has 0 aromatic rings. The zero-order valence-corrected chi connectivity index (χ0v) is 10.9. The number of rotatable bonds is 8. The highest BCUT2D eigenvalue weighted by molar-refractivity contribution is 8.00. The predicted molar refractivity (Wildman–Crippen MR) is 68.7 cm³/mol. The molecule has 1 fully saturated rings. The van der Waals surface area contributed by atoms with Gasteiger partial charge in [0.05, 0.1) is 0 Å². The standard InChI is InChI=1S/C12H25NOS/c1-3-4-8-14-9-5-7-13-12-6-10-15-11(12)2/h11-13H,3-10H2,1-2H3. The van der Waals surface area contributed by atoms with Crippen LogP contribution in [0.5, 0.6) is 0 Å². The topological polar surface area (TPSA) is 21.3 Å². The summed E-state index contributed by atoms with van der Waals surface area (Å²) in [5, 5.41) is 4.42. The summed E-state index contributed by atoms with van der Waals surface area (Å²) < 4.78 is 5.52. The van der Waals surface area contributed by atoms with E-state index in [1.54, 1.807) is 0 Å². The normalized spacial score (nSPS) is 26.0. The second-order valence-electron chi connectivity index (χ2n) is 4.24. The molecule has 0 spiro atoms. The molecule has 1 rings (SSSR count). The summed E-state index contributed by atoms with van der Waals surface area (Å²) >= 11 is 2.09. The van der Waals surface area contributed by atoms with E-state index in [1.807, 2.05) is 0 Å². The zero-order valence-electron chi connectivity index (χ0n) is 10.1. The molecule has 1 heterocycles. The molecular formula is C12H25NOS. The Morgan fingerprint density at radius 3 is 2.80 bits per heavy atom. The fourth-order valence-corrected chi connectivity index (χ4v) is 3.04. The maximum atomic E-state index is 5.52. The highest BCUT2D eigenvalue weighted by atomic mass is 32.2. The zero-order chi connectivity index (χ0) is 10.9. The Morgan fingerprint density at radius 2 is 2.13 bits per heavy atom. The summed E-state index contributed by atoms with van der Waals surface area (Å²) in [6.45, 7) is 7.49. The fraction of sp³-hybridized carbons (Fsp3) is 1.00. The van der Waals surface area contributed by atoms with Crippen molar-refractivity contribution in [2.75, 3.05) is 25.5 Å². The summed E-state index contributed by atoms with van der Waals surface area (Å²) in [7, 11) is 0. The molecule has 1 aliphatic heterocycles. The first-order valence-corrected chi connectivity index (χ1v) is 7.32. The molecule has 0 amide bonds. The van der Waals surface area contributed by atoms with Crippen LogP contribution in [-0.2, 0) is 4.74 Å². The quantitative estimate of drug-likeness (QED) is 0.649. The lowest BCUT2D eigenvalue weighted by Crippen LogP contribution is -2.34. The third-order valence-electron chi connectivity index (χ3n) is 2.89. The number of unbranched alkanes of at least 4 members (excludes halogenated alkanes) is 1. The van der Waals surface area contributed by atoms with Crippen LogP contribution in [0.25, 0.3) is 0 Å². The molecule has 2 unspecified atom stereocenters. The van der Waals surface area contributed by atoms with Crippen LogP contribution in [0.3, 0.4) is 0 Å². The molecule has 0 aliphatic carbocycles. The van der Waals surface area contributed by atoms with E-state index in [0.717, 1.165) is 37.5 Å². The first-order valence-electron chi connectivity index (χ1n) is 6.27. The molecule has 0 radical (unpaired) electrons. The van der Waals surface area contributed by atoms with E-state index in [1.165, 1.54) is 25.0 Å². The molecule has 0 bridgehead atoms. The minimum atomic E-state index is 0.741. The van der Waals surface area contributed by atoms with E-state index < -0.39 is 0 Å². The second-order valence-corrected chi connectivity index (χ2v) is 5.73. The highest BCUT2D eigenvalue weighted by Gasteiger charge is 2.22. The van der Waals surface area contributed by atoms with E-state index in [9.17, 15) is 0 Å². The van der Waals surface area contributed by atoms with Gasteiger partial charge in [0.25, 0.3) is 0 Å². The molecule has 1 N–H and O–H groups in total. The van der Waals surface area contributed by atoms with Crippen LogP contribution in [0.2, 0.25) is 0 Å². The van der Waals surface area contributed by atoms with Crippen LogP contribution in [0.15, 0.2) is 0 Å². The molecule has 2 atom stereocenters. The molecular weight excluding hydrogens is 206 g/mol. The van der Waals surface area contributed by atoms with E-state index in [0.29, 0.717) is 0 Å². The van der Waals surface area contributed by atoms with Crippen LogP contribution in [0, 0.1) is 0 Å². The van der Waals surface area contributed by atoms with Gasteiger partial charge in [-0.2, -0.15) is 11.8 Å². The lowest BCUT2D eigenvalue weighted by Gasteiger charge is -2.16. The second kappa shape index (κ2) is 8.43. The van der Waals surface area contributed by atoms with Crippen molar-refractivity contribution in [2.24, 2.45) is 0 Å². The van der Waals surface area contributed by atoms with Crippen molar-refractivity contribution >= 4 is 11.8 Å². The highest BCUT2D eigenvalue weighted by Crippen LogP contribution is 2.25. The van der Waals surface area contributed by atoms with Crippen molar-refractivity contribution in [2.45, 2.75) is 50.8 Å². The molecule has 3 heteroatoms. The van der Waals surface area contributed by atoms with Crippen molar-refractivity contribution in [1.29, 1.82) is 0 Å². The number of thioether (sulfide) groups is 1. The Labute approximate surface area is 98.5 Å². The SMILES string of the molecule is CCCCOCCCNC1CCSC1C. The minimum Gasteiger partial charge on any atom is -0.381 e. The molecule has 1 aliphatic rings. The van der Waals surface area contributed by atoms with Crippen LogP contribution in [0.4, 0.5) is 0 Å². The Kier molecular flexibility index (Phi) is 7.49. The van der Waals surface area contributed by atoms with Crippen LogP contribution in [0.1, 0.15) is 39.5 Å². The van der Waals surface area contributed by atoms with Gasteiger partial charge in [0, 0.05) is 24.5 Å². The van der Waals surface area contributed by atoms with Crippen LogP contribution < -0.4 is 5.32 Å². The fourth-order valence-electron chi connectivity index (χ4n) is 1.81. The van der Waals surface area contributed by atoms with Gasteiger partial charge in [-0.05, 0) is 31.6 Å². The summed E-state index contributed by atoms with van der Waals surface area (Å²) in [6.07, 6.45) is 4.92. The van der Waals surface area contributed by atoms with Gasteiger partial charge in [0.1, 0.15) is 0 Å². The van der Waals surface area contributed by atoms with Crippen LogP contribution in [-0.4, -0.2) is 36.8 Å². The van der Waals surface area contributed by atoms with Gasteiger partial charge >= 0.3 is 0 Å². The minimum absolute atomic E-state index is 0.741. The average Bonchev–Trinajstić information content (AvgIpc) is 2.63. The van der Waals surface area contributed by atoms with Crippen molar-refractivity contribution in [3.05, 3.63) is 0 Å². The van der Waals surface area contributed by atoms with E-state index in [-0.39, 0.29) is 0 Å². The summed E-state index contributed by atoms with van der Waals surface area (Å²) in [4.78, 5) is 0. The lowest BCUT2D eigenvalue weighted by molar-refractivity contribution is 0.128. The van der Waals surface area contributed by atoms with Gasteiger partial charge in [-0.15, -0.1) is 0 Å². The van der Waals surface area contributed by atoms with Crippen LogP contribution >= 0.6 is 11.8 Å². The molecule has 1 saturated heterocycles. The van der Waals surface area contributed by atoms with E-state index in [2.05, 4.69) is 30.9 Å². The van der Waals surface area contributed by atoms with Crippen molar-refractivity contribution in [3.63, 3.8) is 0 Å². The van der Waals surface area contributed by atoms with Crippen molar-refractivity contribution < 1.29 is 4.74 Å². The van der Waals surface area contributed by atoms with Gasteiger partial charge in [-0.1, -0.05) is 20.3 Å². The third-order valence-corrected chi connectivity index (χ3v) is 4.22. The first kappa shape index (κ1) is 13.3. The molecule has 15 heavy (non-hydrogen) atoms. The predicted octanol–water partition coefficient (Wildman–Crippen LogP) is 2.68. The van der Waals surface area contributed by atoms with Gasteiger partial charge < -0.3 is 10.1 Å². The third kappa shape index (κ3) is 5.79. The van der Waals surface area contributed by atoms with Crippen molar-refractivity contribution in [1.82, 2.24) is 5.32 Å². The Hall–Kier alpha value is 0.270. The van der Waals surface area contributed by atoms with Gasteiger partial charge in [-0.3, -0.25) is 0 Å². The summed E-state index contributed by atoms with van der Waals surface area (Å²) in [6, 6.07) is 0.741. The first-order chi connectivity index (χ1) is 7.34. The monoisotopic (exact) mass is 231 g/mol. The van der Waals surface area contributed by atoms with E-state index >= 15 is 0 Å².